The van der Waals surface area contributed by atoms with Gasteiger partial charge in [0.25, 0.3) is 8.03 Å². The van der Waals surface area contributed by atoms with Crippen molar-refractivity contribution >= 4 is 49.7 Å². The van der Waals surface area contributed by atoms with Gasteiger partial charge in [0.2, 0.25) is 11.8 Å². The molecule has 0 aromatic carbocycles. The van der Waals surface area contributed by atoms with Crippen molar-refractivity contribution in [1.82, 2.24) is 46.9 Å². The number of urea groups is 1. The van der Waals surface area contributed by atoms with Crippen molar-refractivity contribution in [2.24, 2.45) is 5.73 Å². The van der Waals surface area contributed by atoms with Gasteiger partial charge in [0, 0.05) is 37.4 Å². The number of nitrogens with zero attached hydrogens (tertiary/aromatic N) is 3. The highest BCUT2D eigenvalue weighted by molar-refractivity contribution is 8.00. The average molecular weight is 788 g/mol. The van der Waals surface area contributed by atoms with E-state index >= 15 is 0 Å². The first-order chi connectivity index (χ1) is 25.3. The van der Waals surface area contributed by atoms with Gasteiger partial charge in [-0.3, -0.25) is 24.2 Å². The summed E-state index contributed by atoms with van der Waals surface area (Å²) in [5.41, 5.74) is 5.41. The van der Waals surface area contributed by atoms with Crippen LogP contribution in [0.4, 0.5) is 9.59 Å². The van der Waals surface area contributed by atoms with Crippen molar-refractivity contribution in [2.45, 2.75) is 113 Å². The zero-order valence-corrected chi connectivity index (χ0v) is 31.1. The molecule has 4 rings (SSSR count). The number of aliphatic hydroxyl groups is 2. The second-order valence-corrected chi connectivity index (χ2v) is 15.3. The second kappa shape index (κ2) is 20.4. The molecule has 0 radical (unpaired) electrons. The summed E-state index contributed by atoms with van der Waals surface area (Å²) >= 11 is 1.87. The Bertz CT molecular complexity index is 1500. The number of hydrogen-bond acceptors (Lipinski definition) is 13. The number of aromatic nitrogens is 3. The molecular formula is C30H50N11O10PS. The minimum atomic E-state index is -3.47. The number of unbranched alkanes of at least 4 members (excludes halogenated alkanes) is 3. The molecule has 1 unspecified atom stereocenters. The van der Waals surface area contributed by atoms with Gasteiger partial charge >= 0.3 is 12.1 Å². The molecule has 0 aliphatic carbocycles. The zero-order valence-electron chi connectivity index (χ0n) is 29.3. The van der Waals surface area contributed by atoms with Crippen LogP contribution in [0, 0.1) is 5.41 Å². The molecule has 2 fully saturated rings. The molecule has 296 valence electrons. The Morgan fingerprint density at radius 1 is 1.21 bits per heavy atom. The van der Waals surface area contributed by atoms with Crippen LogP contribution in [0.3, 0.4) is 0 Å². The van der Waals surface area contributed by atoms with E-state index in [0.29, 0.717) is 30.5 Å². The topological polar surface area (TPSA) is 317 Å². The van der Waals surface area contributed by atoms with Gasteiger partial charge in [-0.15, -0.1) is 5.10 Å². The molecule has 1 aromatic rings. The lowest BCUT2D eigenvalue weighted by Crippen LogP contribution is -2.64. The van der Waals surface area contributed by atoms with Gasteiger partial charge in [0.15, 0.2) is 23.7 Å². The Morgan fingerprint density at radius 3 is 2.72 bits per heavy atom. The van der Waals surface area contributed by atoms with E-state index in [1.54, 1.807) is 10.9 Å². The smallest absolute Gasteiger partial charge is 0.407 e. The number of hydrogen-bond donors (Lipinski definition) is 11. The van der Waals surface area contributed by atoms with E-state index in [4.69, 9.17) is 20.6 Å². The summed E-state index contributed by atoms with van der Waals surface area (Å²) in [5, 5.41) is 52.8. The van der Waals surface area contributed by atoms with Crippen molar-refractivity contribution < 1.29 is 48.3 Å². The van der Waals surface area contributed by atoms with E-state index in [9.17, 15) is 38.8 Å². The normalized spacial score (nSPS) is 25.0. The zero-order chi connectivity index (χ0) is 38.5. The van der Waals surface area contributed by atoms with Crippen LogP contribution in [-0.2, 0) is 36.7 Å². The monoisotopic (exact) mass is 787 g/mol. The van der Waals surface area contributed by atoms with Crippen LogP contribution < -0.4 is 37.6 Å². The van der Waals surface area contributed by atoms with Gasteiger partial charge in [-0.1, -0.05) is 11.6 Å². The molecule has 3 aliphatic heterocycles. The first-order valence-corrected chi connectivity index (χ1v) is 19.8. The number of aliphatic hydroxyl groups excluding tert-OH is 2. The standard InChI is InChI=1S/C30H50N11O10PS/c1-16(43)35-25-18(36-28(31)32)11-23(52(48)49)50-27(25)26(20(44)14-42)51-30(47)34-12-17-13-41(40-39-17)10-6-2-5-9-33-22(45)8-4-3-7-21-24-19(15-53-21)37-29(46)38-24/h11,13,18-21,24-27,42,44,52H,2-10,12,14-15H2,1H3,(H,33,45)(H,34,47)(H,35,43)(H,48,49)(H4,31,32,36)(H2,37,38,46)/t18-,19-,20+,21-,24-,25+,26+,27+/m0/s1. The quantitative estimate of drug-likeness (QED) is 0.0231. The van der Waals surface area contributed by atoms with Gasteiger partial charge in [0.1, 0.15) is 11.8 Å². The van der Waals surface area contributed by atoms with Crippen LogP contribution in [0.1, 0.15) is 57.6 Å². The Kier molecular flexibility index (Phi) is 16.0. The van der Waals surface area contributed by atoms with Crippen molar-refractivity contribution in [3.63, 3.8) is 0 Å². The SMILES string of the molecule is CC(=O)N[C@H]1[C@H]([C@H](OC(=O)NCc2cn(CCCCCNC(=O)CCCC[C@@H]3SC[C@@H]4NC(=O)N[C@@H]43)nn2)[C@H](O)CO)OC([PH](=O)O)=C[C@@H]1NC(=N)N. The fourth-order valence-corrected chi connectivity index (χ4v) is 8.43. The highest BCUT2D eigenvalue weighted by atomic mass is 32.2. The number of carbonyl (C=O) groups excluding carboxylic acids is 4. The summed E-state index contributed by atoms with van der Waals surface area (Å²) in [6.45, 7) is 1.29. The summed E-state index contributed by atoms with van der Waals surface area (Å²) < 4.78 is 24.6. The number of rotatable bonds is 20. The molecule has 21 nitrogen and oxygen atoms in total. The highest BCUT2D eigenvalue weighted by Gasteiger charge is 2.46. The Hall–Kier alpha value is -4.11. The maximum Gasteiger partial charge on any atom is 0.407 e. The minimum Gasteiger partial charge on any atom is -0.479 e. The first kappa shape index (κ1) is 41.6. The maximum absolute atomic E-state index is 12.8. The largest absolute Gasteiger partial charge is 0.479 e. The fraction of sp³-hybridized carbons (Fsp3) is 0.700. The molecule has 0 saturated carbocycles. The van der Waals surface area contributed by atoms with Gasteiger partial charge in [0.05, 0.1) is 43.5 Å². The number of nitrogens with one attached hydrogen (secondary N) is 7. The summed E-state index contributed by atoms with van der Waals surface area (Å²) in [6.07, 6.45) is 2.40. The summed E-state index contributed by atoms with van der Waals surface area (Å²) in [5.74, 6) is -0.158. The van der Waals surface area contributed by atoms with Crippen LogP contribution in [0.2, 0.25) is 0 Å². The predicted molar refractivity (Wildman–Crippen MR) is 192 cm³/mol. The fourth-order valence-electron chi connectivity index (χ4n) is 6.33. The lowest BCUT2D eigenvalue weighted by atomic mass is 9.93. The molecule has 0 bridgehead atoms. The van der Waals surface area contributed by atoms with Gasteiger partial charge < -0.3 is 62.2 Å². The predicted octanol–water partition coefficient (Wildman–Crippen LogP) is -1.70. The summed E-state index contributed by atoms with van der Waals surface area (Å²) in [4.78, 5) is 58.4. The molecule has 23 heteroatoms. The van der Waals surface area contributed by atoms with Crippen LogP contribution in [0.5, 0.6) is 0 Å². The molecule has 53 heavy (non-hydrogen) atoms. The molecule has 4 heterocycles. The van der Waals surface area contributed by atoms with E-state index < -0.39 is 68.5 Å². The van der Waals surface area contributed by atoms with Crippen molar-refractivity contribution in [3.8, 4) is 0 Å². The number of amides is 5. The number of thioether (sulfide) groups is 1. The van der Waals surface area contributed by atoms with Crippen molar-refractivity contribution in [2.75, 3.05) is 18.9 Å². The third-order valence-electron chi connectivity index (χ3n) is 8.84. The lowest BCUT2D eigenvalue weighted by molar-refractivity contribution is -0.126. The van der Waals surface area contributed by atoms with E-state index in [1.807, 2.05) is 11.8 Å². The molecule has 5 amide bonds. The highest BCUT2D eigenvalue weighted by Crippen LogP contribution is 2.36. The maximum atomic E-state index is 12.8. The third-order valence-corrected chi connectivity index (χ3v) is 11.1. The number of carbonyl (C=O) groups is 4. The molecule has 1 aromatic heterocycles. The molecule has 9 atom stereocenters. The second-order valence-electron chi connectivity index (χ2n) is 13.0. The van der Waals surface area contributed by atoms with Gasteiger partial charge in [-0.25, -0.2) is 9.59 Å². The third kappa shape index (κ3) is 12.8. The van der Waals surface area contributed by atoms with E-state index in [-0.39, 0.29) is 30.6 Å². The van der Waals surface area contributed by atoms with E-state index in [1.165, 1.54) is 6.92 Å². The number of guanidine groups is 1. The molecule has 0 spiro atoms. The van der Waals surface area contributed by atoms with Crippen LogP contribution in [-0.4, -0.2) is 127 Å². The van der Waals surface area contributed by atoms with E-state index in [2.05, 4.69) is 42.2 Å². The lowest BCUT2D eigenvalue weighted by Gasteiger charge is -2.41. The summed E-state index contributed by atoms with van der Waals surface area (Å²) in [7, 11) is -3.47. The first-order valence-electron chi connectivity index (χ1n) is 17.4. The number of fused-ring (bicyclic) bond motifs is 1. The van der Waals surface area contributed by atoms with Gasteiger partial charge in [-0.2, -0.15) is 11.8 Å². The minimum absolute atomic E-state index is 0.0268. The number of ether oxygens (including phenoxy) is 2. The van der Waals surface area contributed by atoms with Crippen molar-refractivity contribution in [3.05, 3.63) is 23.5 Å². The number of aryl methyl sites for hydroxylation is 1. The molecule has 12 N–H and O–H groups in total. The number of alkyl carbamates (subject to hydrolysis) is 1. The van der Waals surface area contributed by atoms with E-state index in [0.717, 1.165) is 50.4 Å². The van der Waals surface area contributed by atoms with Crippen LogP contribution >= 0.6 is 19.8 Å². The Labute approximate surface area is 310 Å². The summed E-state index contributed by atoms with van der Waals surface area (Å²) in [6, 6.07) is -1.95. The Balaban J connectivity index is 1.15. The van der Waals surface area contributed by atoms with Crippen LogP contribution in [0.25, 0.3) is 0 Å². The van der Waals surface area contributed by atoms with Crippen molar-refractivity contribution in [1.29, 1.82) is 5.41 Å². The van der Waals surface area contributed by atoms with Gasteiger partial charge in [-0.05, 0) is 38.2 Å². The number of nitrogens with two attached hydrogens (primary N) is 1. The molecule has 2 saturated heterocycles. The molecule has 3 aliphatic rings. The molecular weight excluding hydrogens is 737 g/mol. The average Bonchev–Trinajstić information content (AvgIpc) is 3.82. The Morgan fingerprint density at radius 2 is 2.00 bits per heavy atom. The van der Waals surface area contributed by atoms with Crippen LogP contribution in [0.15, 0.2) is 17.8 Å².